The van der Waals surface area contributed by atoms with Crippen molar-refractivity contribution in [3.63, 3.8) is 0 Å². The third kappa shape index (κ3) is 4.63. The lowest BCUT2D eigenvalue weighted by Crippen LogP contribution is -2.44. The molecule has 110 valence electrons. The van der Waals surface area contributed by atoms with E-state index in [1.54, 1.807) is 12.1 Å². The minimum atomic E-state index is 0.0103. The molecule has 1 aliphatic heterocycles. The van der Waals surface area contributed by atoms with E-state index in [2.05, 4.69) is 10.6 Å². The van der Waals surface area contributed by atoms with Crippen LogP contribution in [0.2, 0.25) is 10.0 Å². The van der Waals surface area contributed by atoms with Gasteiger partial charge < -0.3 is 15.4 Å². The fourth-order valence-corrected chi connectivity index (χ4v) is 2.73. The van der Waals surface area contributed by atoms with Crippen LogP contribution in [-0.2, 0) is 16.0 Å². The van der Waals surface area contributed by atoms with Crippen molar-refractivity contribution < 1.29 is 9.53 Å². The van der Waals surface area contributed by atoms with Crippen LogP contribution in [0.15, 0.2) is 18.2 Å². The van der Waals surface area contributed by atoms with Crippen LogP contribution in [0.3, 0.4) is 0 Å². The van der Waals surface area contributed by atoms with Gasteiger partial charge in [-0.05, 0) is 24.1 Å². The van der Waals surface area contributed by atoms with Gasteiger partial charge in [0.2, 0.25) is 5.91 Å². The number of morpholine rings is 1. The predicted molar refractivity (Wildman–Crippen MR) is 80.4 cm³/mol. The van der Waals surface area contributed by atoms with Crippen LogP contribution in [-0.4, -0.2) is 38.3 Å². The summed E-state index contributed by atoms with van der Waals surface area (Å²) in [7, 11) is 0. The van der Waals surface area contributed by atoms with Crippen LogP contribution < -0.4 is 10.6 Å². The van der Waals surface area contributed by atoms with Gasteiger partial charge in [-0.2, -0.15) is 0 Å². The van der Waals surface area contributed by atoms with E-state index in [1.165, 1.54) is 0 Å². The highest BCUT2D eigenvalue weighted by molar-refractivity contribution is 6.35. The SMILES string of the molecule is O=C(CC1COCCN1)NCCc1c(Cl)cccc1Cl. The van der Waals surface area contributed by atoms with E-state index in [9.17, 15) is 4.79 Å². The van der Waals surface area contributed by atoms with E-state index in [1.807, 2.05) is 6.07 Å². The maximum absolute atomic E-state index is 11.8. The Bertz CT molecular complexity index is 442. The lowest BCUT2D eigenvalue weighted by atomic mass is 10.1. The van der Waals surface area contributed by atoms with Crippen molar-refractivity contribution in [1.82, 2.24) is 10.6 Å². The molecule has 1 fully saturated rings. The lowest BCUT2D eigenvalue weighted by Gasteiger charge is -2.23. The molecule has 1 aromatic rings. The second kappa shape index (κ2) is 7.84. The third-order valence-corrected chi connectivity index (χ3v) is 3.90. The van der Waals surface area contributed by atoms with Crippen LogP contribution in [0.25, 0.3) is 0 Å². The Balaban J connectivity index is 1.73. The standard InChI is InChI=1S/C14H18Cl2N2O2/c15-12-2-1-3-13(16)11(12)4-5-18-14(19)8-10-9-20-7-6-17-10/h1-3,10,17H,4-9H2,(H,18,19). The van der Waals surface area contributed by atoms with E-state index in [0.717, 1.165) is 12.1 Å². The molecular weight excluding hydrogens is 299 g/mol. The van der Waals surface area contributed by atoms with Gasteiger partial charge in [-0.15, -0.1) is 0 Å². The van der Waals surface area contributed by atoms with Gasteiger partial charge in [-0.3, -0.25) is 4.79 Å². The van der Waals surface area contributed by atoms with Crippen molar-refractivity contribution in [2.75, 3.05) is 26.3 Å². The van der Waals surface area contributed by atoms with Crippen molar-refractivity contribution in [3.05, 3.63) is 33.8 Å². The Morgan fingerprint density at radius 1 is 1.40 bits per heavy atom. The van der Waals surface area contributed by atoms with Gasteiger partial charge in [0.05, 0.1) is 13.2 Å². The monoisotopic (exact) mass is 316 g/mol. The molecule has 1 unspecified atom stereocenters. The topological polar surface area (TPSA) is 50.4 Å². The van der Waals surface area contributed by atoms with Crippen molar-refractivity contribution in [1.29, 1.82) is 0 Å². The average Bonchev–Trinajstić information content (AvgIpc) is 2.43. The normalized spacial score (nSPS) is 18.8. The maximum atomic E-state index is 11.8. The second-order valence-corrected chi connectivity index (χ2v) is 5.54. The zero-order valence-corrected chi connectivity index (χ0v) is 12.6. The molecule has 4 nitrogen and oxygen atoms in total. The van der Waals surface area contributed by atoms with Crippen LogP contribution in [0.5, 0.6) is 0 Å². The first kappa shape index (κ1) is 15.6. The smallest absolute Gasteiger partial charge is 0.221 e. The molecule has 0 radical (unpaired) electrons. The Morgan fingerprint density at radius 3 is 2.80 bits per heavy atom. The zero-order valence-electron chi connectivity index (χ0n) is 11.1. The van der Waals surface area contributed by atoms with E-state index >= 15 is 0 Å². The fraction of sp³-hybridized carbons (Fsp3) is 0.500. The number of carbonyl (C=O) groups is 1. The van der Waals surface area contributed by atoms with Gasteiger partial charge in [0.25, 0.3) is 0 Å². The fourth-order valence-electron chi connectivity index (χ4n) is 2.14. The van der Waals surface area contributed by atoms with Crippen molar-refractivity contribution in [2.24, 2.45) is 0 Å². The van der Waals surface area contributed by atoms with E-state index in [0.29, 0.717) is 42.6 Å². The molecule has 20 heavy (non-hydrogen) atoms. The second-order valence-electron chi connectivity index (χ2n) is 4.73. The Morgan fingerprint density at radius 2 is 2.15 bits per heavy atom. The van der Waals surface area contributed by atoms with Gasteiger partial charge in [0, 0.05) is 35.6 Å². The number of carbonyl (C=O) groups excluding carboxylic acids is 1. The molecule has 1 aliphatic rings. The summed E-state index contributed by atoms with van der Waals surface area (Å²) in [5.41, 5.74) is 0.871. The molecule has 1 saturated heterocycles. The van der Waals surface area contributed by atoms with E-state index in [4.69, 9.17) is 27.9 Å². The zero-order chi connectivity index (χ0) is 14.4. The highest BCUT2D eigenvalue weighted by atomic mass is 35.5. The molecule has 0 spiro atoms. The molecule has 0 aliphatic carbocycles. The van der Waals surface area contributed by atoms with Crippen LogP contribution in [0.1, 0.15) is 12.0 Å². The Hall–Kier alpha value is -0.810. The number of nitrogens with one attached hydrogen (secondary N) is 2. The maximum Gasteiger partial charge on any atom is 0.221 e. The van der Waals surface area contributed by atoms with Gasteiger partial charge in [-0.1, -0.05) is 29.3 Å². The molecule has 1 amide bonds. The molecule has 6 heteroatoms. The summed E-state index contributed by atoms with van der Waals surface area (Å²) < 4.78 is 5.31. The first-order valence-electron chi connectivity index (χ1n) is 6.67. The first-order chi connectivity index (χ1) is 9.66. The van der Waals surface area contributed by atoms with Gasteiger partial charge in [0.1, 0.15) is 0 Å². The van der Waals surface area contributed by atoms with Crippen LogP contribution in [0.4, 0.5) is 0 Å². The molecule has 1 aromatic carbocycles. The number of ether oxygens (including phenoxy) is 1. The average molecular weight is 317 g/mol. The number of halogens is 2. The van der Waals surface area contributed by atoms with E-state index in [-0.39, 0.29) is 11.9 Å². The van der Waals surface area contributed by atoms with E-state index < -0.39 is 0 Å². The molecular formula is C14H18Cl2N2O2. The summed E-state index contributed by atoms with van der Waals surface area (Å²) in [6.07, 6.45) is 1.05. The molecule has 1 heterocycles. The summed E-state index contributed by atoms with van der Waals surface area (Å²) in [5, 5.41) is 7.40. The molecule has 1 atom stereocenters. The highest BCUT2D eigenvalue weighted by Gasteiger charge is 2.16. The van der Waals surface area contributed by atoms with Crippen molar-refractivity contribution in [3.8, 4) is 0 Å². The quantitative estimate of drug-likeness (QED) is 0.874. The van der Waals surface area contributed by atoms with Gasteiger partial charge in [0.15, 0.2) is 0 Å². The number of hydrogen-bond donors (Lipinski definition) is 2. The lowest BCUT2D eigenvalue weighted by molar-refractivity contribution is -0.122. The number of rotatable bonds is 5. The minimum Gasteiger partial charge on any atom is -0.378 e. The predicted octanol–water partition coefficient (Wildman–Crippen LogP) is 2.03. The number of hydrogen-bond acceptors (Lipinski definition) is 3. The third-order valence-electron chi connectivity index (χ3n) is 3.19. The van der Waals surface area contributed by atoms with Gasteiger partial charge >= 0.3 is 0 Å². The van der Waals surface area contributed by atoms with Crippen molar-refractivity contribution >= 4 is 29.1 Å². The summed E-state index contributed by atoms with van der Waals surface area (Å²) in [4.78, 5) is 11.8. The molecule has 2 N–H and O–H groups in total. The summed E-state index contributed by atoms with van der Waals surface area (Å²) in [6, 6.07) is 5.51. The Kier molecular flexibility index (Phi) is 6.10. The molecule has 0 saturated carbocycles. The van der Waals surface area contributed by atoms with Crippen LogP contribution >= 0.6 is 23.2 Å². The summed E-state index contributed by atoms with van der Waals surface area (Å²) >= 11 is 12.2. The molecule has 2 rings (SSSR count). The first-order valence-corrected chi connectivity index (χ1v) is 7.43. The summed E-state index contributed by atoms with van der Waals surface area (Å²) in [6.45, 7) is 2.62. The van der Waals surface area contributed by atoms with Crippen LogP contribution in [0, 0.1) is 0 Å². The van der Waals surface area contributed by atoms with Gasteiger partial charge in [-0.25, -0.2) is 0 Å². The number of benzene rings is 1. The Labute approximate surface area is 128 Å². The molecule has 0 bridgehead atoms. The summed E-state index contributed by atoms with van der Waals surface area (Å²) in [5.74, 6) is 0.0103. The largest absolute Gasteiger partial charge is 0.378 e. The number of amides is 1. The minimum absolute atomic E-state index is 0.0103. The highest BCUT2D eigenvalue weighted by Crippen LogP contribution is 2.24. The van der Waals surface area contributed by atoms with Crippen molar-refractivity contribution in [2.45, 2.75) is 18.9 Å². The molecule has 0 aromatic heterocycles.